The largest absolute Gasteiger partial charge is 0.486 e. The summed E-state index contributed by atoms with van der Waals surface area (Å²) in [4.78, 5) is 12.5. The number of nitrogens with one attached hydrogen (secondary N) is 1. The monoisotopic (exact) mass is 474 g/mol. The molecule has 7 nitrogen and oxygen atoms in total. The van der Waals surface area contributed by atoms with Gasteiger partial charge in [0.1, 0.15) is 19.8 Å². The number of hydrogen-bond donors (Lipinski definition) is 1. The van der Waals surface area contributed by atoms with E-state index in [1.165, 1.54) is 6.07 Å². The lowest BCUT2D eigenvalue weighted by molar-refractivity contribution is -0.114. The van der Waals surface area contributed by atoms with E-state index in [0.29, 0.717) is 45.6 Å². The van der Waals surface area contributed by atoms with E-state index in [-0.39, 0.29) is 0 Å². The highest BCUT2D eigenvalue weighted by Gasteiger charge is 2.22. The Labute approximate surface area is 170 Å². The SMILES string of the molecule is CS(=O)(=O)N(CC(=O)Nc1cc2c(cc1Br)OCCO2)c1cccc(Cl)c1. The molecule has 2 aromatic rings. The molecule has 0 saturated carbocycles. The number of nitrogens with zero attached hydrogens (tertiary/aromatic N) is 1. The average Bonchev–Trinajstić information content (AvgIpc) is 2.59. The third kappa shape index (κ3) is 4.85. The van der Waals surface area contributed by atoms with Gasteiger partial charge in [0.25, 0.3) is 0 Å². The summed E-state index contributed by atoms with van der Waals surface area (Å²) in [5.41, 5.74) is 0.755. The van der Waals surface area contributed by atoms with Gasteiger partial charge in [-0.25, -0.2) is 8.42 Å². The Kier molecular flexibility index (Phi) is 5.83. The number of carbonyl (C=O) groups excluding carboxylic acids is 1. The molecule has 10 heteroatoms. The van der Waals surface area contributed by atoms with Crippen molar-refractivity contribution < 1.29 is 22.7 Å². The molecule has 144 valence electrons. The molecular weight excluding hydrogens is 460 g/mol. The molecule has 1 aliphatic rings. The molecule has 0 aromatic heterocycles. The van der Waals surface area contributed by atoms with E-state index < -0.39 is 22.5 Å². The van der Waals surface area contributed by atoms with Crippen LogP contribution in [0.5, 0.6) is 11.5 Å². The zero-order valence-electron chi connectivity index (χ0n) is 14.2. The number of fused-ring (bicyclic) bond motifs is 1. The minimum atomic E-state index is -3.69. The Hall–Kier alpha value is -1.97. The summed E-state index contributed by atoms with van der Waals surface area (Å²) < 4.78 is 36.8. The summed E-state index contributed by atoms with van der Waals surface area (Å²) >= 11 is 9.30. The van der Waals surface area contributed by atoms with Crippen LogP contribution in [0.1, 0.15) is 0 Å². The topological polar surface area (TPSA) is 84.9 Å². The van der Waals surface area contributed by atoms with E-state index in [4.69, 9.17) is 21.1 Å². The number of carbonyl (C=O) groups is 1. The van der Waals surface area contributed by atoms with Gasteiger partial charge >= 0.3 is 0 Å². The van der Waals surface area contributed by atoms with Crippen molar-refractivity contribution in [2.75, 3.05) is 35.6 Å². The van der Waals surface area contributed by atoms with Gasteiger partial charge in [0.05, 0.1) is 17.6 Å². The lowest BCUT2D eigenvalue weighted by atomic mass is 10.2. The molecule has 0 aliphatic carbocycles. The zero-order chi connectivity index (χ0) is 19.6. The molecule has 27 heavy (non-hydrogen) atoms. The third-order valence-corrected chi connectivity index (χ3v) is 5.72. The van der Waals surface area contributed by atoms with Crippen LogP contribution in [0.2, 0.25) is 5.02 Å². The minimum absolute atomic E-state index is 0.307. The number of anilines is 2. The fraction of sp³-hybridized carbons (Fsp3) is 0.235. The second kappa shape index (κ2) is 7.95. The first-order valence-corrected chi connectivity index (χ1v) is 10.9. The second-order valence-corrected chi connectivity index (χ2v) is 8.97. The smallest absolute Gasteiger partial charge is 0.245 e. The highest BCUT2D eigenvalue weighted by molar-refractivity contribution is 9.10. The number of sulfonamides is 1. The van der Waals surface area contributed by atoms with Gasteiger partial charge in [0.15, 0.2) is 11.5 Å². The van der Waals surface area contributed by atoms with Gasteiger partial charge in [-0.2, -0.15) is 0 Å². The molecule has 1 heterocycles. The maximum atomic E-state index is 12.5. The van der Waals surface area contributed by atoms with Crippen LogP contribution >= 0.6 is 27.5 Å². The molecule has 0 saturated heterocycles. The summed E-state index contributed by atoms with van der Waals surface area (Å²) in [6.07, 6.45) is 1.03. The van der Waals surface area contributed by atoms with Crippen molar-refractivity contribution >= 4 is 54.8 Å². The van der Waals surface area contributed by atoms with Gasteiger partial charge in [-0.1, -0.05) is 17.7 Å². The number of amides is 1. The van der Waals surface area contributed by atoms with Gasteiger partial charge < -0.3 is 14.8 Å². The minimum Gasteiger partial charge on any atom is -0.486 e. The van der Waals surface area contributed by atoms with Crippen molar-refractivity contribution in [1.29, 1.82) is 0 Å². The molecule has 1 aliphatic heterocycles. The molecule has 1 N–H and O–H groups in total. The Balaban J connectivity index is 1.81. The van der Waals surface area contributed by atoms with Gasteiger partial charge in [-0.05, 0) is 34.1 Å². The van der Waals surface area contributed by atoms with Crippen molar-refractivity contribution in [1.82, 2.24) is 0 Å². The molecule has 0 radical (unpaired) electrons. The number of halogens is 2. The maximum Gasteiger partial charge on any atom is 0.245 e. The maximum absolute atomic E-state index is 12.5. The predicted molar refractivity (Wildman–Crippen MR) is 107 cm³/mol. The summed E-state index contributed by atoms with van der Waals surface area (Å²) in [6.45, 7) is 0.465. The normalized spacial score (nSPS) is 13.1. The Morgan fingerprint density at radius 1 is 1.22 bits per heavy atom. The molecule has 0 fully saturated rings. The number of ether oxygens (including phenoxy) is 2. The van der Waals surface area contributed by atoms with Crippen LogP contribution in [0.3, 0.4) is 0 Å². The van der Waals surface area contributed by atoms with Crippen molar-refractivity contribution in [3.8, 4) is 11.5 Å². The lowest BCUT2D eigenvalue weighted by Crippen LogP contribution is -2.37. The molecule has 0 bridgehead atoms. The standard InChI is InChI=1S/C17H16BrClN2O5S/c1-27(23,24)21(12-4-2-3-11(19)7-12)10-17(22)20-14-9-16-15(8-13(14)18)25-5-6-26-16/h2-4,7-9H,5-6,10H2,1H3,(H,20,22). The van der Waals surface area contributed by atoms with E-state index in [1.54, 1.807) is 30.3 Å². The van der Waals surface area contributed by atoms with Crippen LogP contribution in [0.15, 0.2) is 40.9 Å². The first kappa shape index (κ1) is 19.8. The first-order chi connectivity index (χ1) is 12.7. The molecule has 0 spiro atoms. The van der Waals surface area contributed by atoms with E-state index in [0.717, 1.165) is 10.6 Å². The Morgan fingerprint density at radius 2 is 1.89 bits per heavy atom. The van der Waals surface area contributed by atoms with Crippen LogP contribution in [0, 0.1) is 0 Å². The fourth-order valence-electron chi connectivity index (χ4n) is 2.51. The van der Waals surface area contributed by atoms with Crippen LogP contribution in [-0.4, -0.2) is 40.3 Å². The van der Waals surface area contributed by atoms with E-state index in [9.17, 15) is 13.2 Å². The van der Waals surface area contributed by atoms with E-state index >= 15 is 0 Å². The van der Waals surface area contributed by atoms with Gasteiger partial charge in [-0.15, -0.1) is 0 Å². The van der Waals surface area contributed by atoms with Gasteiger partial charge in [-0.3, -0.25) is 9.10 Å². The van der Waals surface area contributed by atoms with E-state index in [2.05, 4.69) is 21.2 Å². The quantitative estimate of drug-likeness (QED) is 0.717. The molecule has 3 rings (SSSR count). The Bertz CT molecular complexity index is 983. The van der Waals surface area contributed by atoms with Crippen molar-refractivity contribution in [2.24, 2.45) is 0 Å². The van der Waals surface area contributed by atoms with Crippen LogP contribution in [-0.2, 0) is 14.8 Å². The molecular formula is C17H16BrClN2O5S. The first-order valence-electron chi connectivity index (χ1n) is 7.86. The number of benzene rings is 2. The highest BCUT2D eigenvalue weighted by Crippen LogP contribution is 2.38. The van der Waals surface area contributed by atoms with E-state index in [1.807, 2.05) is 0 Å². The molecule has 0 atom stereocenters. The summed E-state index contributed by atoms with van der Waals surface area (Å²) in [5.74, 6) is 0.565. The predicted octanol–water partition coefficient (Wildman–Crippen LogP) is 3.28. The fourth-order valence-corrected chi connectivity index (χ4v) is 3.97. The van der Waals surface area contributed by atoms with Crippen molar-refractivity contribution in [3.05, 3.63) is 45.9 Å². The van der Waals surface area contributed by atoms with Gasteiger partial charge in [0, 0.05) is 21.6 Å². The number of rotatable bonds is 5. The summed E-state index contributed by atoms with van der Waals surface area (Å²) in [6, 6.07) is 9.61. The summed E-state index contributed by atoms with van der Waals surface area (Å²) in [7, 11) is -3.69. The van der Waals surface area contributed by atoms with Crippen LogP contribution in [0.25, 0.3) is 0 Å². The third-order valence-electron chi connectivity index (χ3n) is 3.69. The van der Waals surface area contributed by atoms with Crippen molar-refractivity contribution in [3.63, 3.8) is 0 Å². The zero-order valence-corrected chi connectivity index (χ0v) is 17.4. The molecule has 1 amide bonds. The molecule has 2 aromatic carbocycles. The molecule has 0 unspecified atom stereocenters. The number of hydrogen-bond acceptors (Lipinski definition) is 5. The average molecular weight is 476 g/mol. The highest BCUT2D eigenvalue weighted by atomic mass is 79.9. The lowest BCUT2D eigenvalue weighted by Gasteiger charge is -2.23. The van der Waals surface area contributed by atoms with Crippen molar-refractivity contribution in [2.45, 2.75) is 0 Å². The van der Waals surface area contributed by atoms with Gasteiger partial charge in [0.2, 0.25) is 15.9 Å². The van der Waals surface area contributed by atoms with Crippen LogP contribution < -0.4 is 19.1 Å². The second-order valence-electron chi connectivity index (χ2n) is 5.77. The van der Waals surface area contributed by atoms with Crippen LogP contribution in [0.4, 0.5) is 11.4 Å². The Morgan fingerprint density at radius 3 is 2.52 bits per heavy atom. The summed E-state index contributed by atoms with van der Waals surface area (Å²) in [5, 5.41) is 3.06.